The number of para-hydroxylation sites is 1. The number of benzene rings is 1. The van der Waals surface area contributed by atoms with Crippen molar-refractivity contribution >= 4 is 16.9 Å². The van der Waals surface area contributed by atoms with Crippen LogP contribution in [-0.4, -0.2) is 37.2 Å². The van der Waals surface area contributed by atoms with Crippen LogP contribution in [0.25, 0.3) is 22.2 Å². The van der Waals surface area contributed by atoms with E-state index in [1.54, 1.807) is 41.0 Å². The van der Waals surface area contributed by atoms with Gasteiger partial charge in [-0.15, -0.1) is 0 Å². The van der Waals surface area contributed by atoms with Gasteiger partial charge in [0.2, 0.25) is 5.95 Å². The summed E-state index contributed by atoms with van der Waals surface area (Å²) in [6.45, 7) is 2.22. The van der Waals surface area contributed by atoms with Crippen LogP contribution < -0.4 is 16.0 Å². The van der Waals surface area contributed by atoms with Crippen molar-refractivity contribution in [2.24, 2.45) is 13.0 Å². The zero-order valence-electron chi connectivity index (χ0n) is 17.9. The molecule has 0 bridgehead atoms. The predicted molar refractivity (Wildman–Crippen MR) is 124 cm³/mol. The van der Waals surface area contributed by atoms with Gasteiger partial charge in [0.05, 0.1) is 22.9 Å². The molecule has 0 spiro atoms. The van der Waals surface area contributed by atoms with Crippen molar-refractivity contribution < 1.29 is 0 Å². The number of anilines is 1. The van der Waals surface area contributed by atoms with Crippen LogP contribution in [0, 0.1) is 5.92 Å². The van der Waals surface area contributed by atoms with Gasteiger partial charge in [-0.05, 0) is 43.0 Å². The highest BCUT2D eigenvalue weighted by atomic mass is 16.1. The van der Waals surface area contributed by atoms with Crippen molar-refractivity contribution in [3.05, 3.63) is 81.9 Å². The van der Waals surface area contributed by atoms with Crippen molar-refractivity contribution in [2.45, 2.75) is 19.4 Å². The minimum Gasteiger partial charge on any atom is -0.342 e. The normalized spacial score (nSPS) is 14.7. The van der Waals surface area contributed by atoms with E-state index in [-0.39, 0.29) is 11.1 Å². The minimum absolute atomic E-state index is 0.0287. The first-order valence-corrected chi connectivity index (χ1v) is 10.8. The Morgan fingerprint density at radius 2 is 1.88 bits per heavy atom. The second kappa shape index (κ2) is 8.37. The van der Waals surface area contributed by atoms with Gasteiger partial charge < -0.3 is 4.90 Å². The van der Waals surface area contributed by atoms with Gasteiger partial charge in [0.15, 0.2) is 0 Å². The third kappa shape index (κ3) is 3.79. The Labute approximate surface area is 184 Å². The quantitative estimate of drug-likeness (QED) is 0.496. The Kier molecular flexibility index (Phi) is 5.26. The zero-order valence-corrected chi connectivity index (χ0v) is 17.9. The predicted octanol–water partition coefficient (Wildman–Crippen LogP) is 2.47. The topological polar surface area (TPSA) is 85.9 Å². The van der Waals surface area contributed by atoms with Crippen molar-refractivity contribution in [2.75, 3.05) is 18.0 Å². The lowest BCUT2D eigenvalue weighted by Gasteiger charge is -2.33. The molecule has 0 atom stereocenters. The van der Waals surface area contributed by atoms with E-state index in [9.17, 15) is 9.59 Å². The summed E-state index contributed by atoms with van der Waals surface area (Å²) in [4.78, 5) is 40.8. The number of piperidine rings is 1. The third-order valence-corrected chi connectivity index (χ3v) is 6.15. The molecule has 0 saturated carbocycles. The summed E-state index contributed by atoms with van der Waals surface area (Å²) < 4.78 is 3.32. The first-order chi connectivity index (χ1) is 15.6. The summed E-state index contributed by atoms with van der Waals surface area (Å²) in [7, 11) is 1.78. The van der Waals surface area contributed by atoms with Crippen LogP contribution in [0.2, 0.25) is 0 Å². The van der Waals surface area contributed by atoms with Gasteiger partial charge in [-0.2, -0.15) is 0 Å². The van der Waals surface area contributed by atoms with Gasteiger partial charge in [0.25, 0.3) is 11.1 Å². The second-order valence-corrected chi connectivity index (χ2v) is 8.23. The van der Waals surface area contributed by atoms with E-state index in [1.165, 1.54) is 0 Å². The minimum atomic E-state index is -0.0557. The molecule has 0 amide bonds. The Morgan fingerprint density at radius 3 is 2.62 bits per heavy atom. The fourth-order valence-corrected chi connectivity index (χ4v) is 4.32. The average molecular weight is 428 g/mol. The van der Waals surface area contributed by atoms with E-state index in [0.717, 1.165) is 37.0 Å². The lowest BCUT2D eigenvalue weighted by Crippen LogP contribution is -2.39. The number of rotatable bonds is 4. The zero-order chi connectivity index (χ0) is 22.1. The van der Waals surface area contributed by atoms with Crippen LogP contribution in [0.4, 0.5) is 5.95 Å². The van der Waals surface area contributed by atoms with Crippen LogP contribution >= 0.6 is 0 Å². The molecule has 0 radical (unpaired) electrons. The number of pyridine rings is 1. The van der Waals surface area contributed by atoms with Crippen LogP contribution in [0.3, 0.4) is 0 Å². The van der Waals surface area contributed by atoms with Gasteiger partial charge in [-0.25, -0.2) is 9.97 Å². The van der Waals surface area contributed by atoms with E-state index in [2.05, 4.69) is 14.9 Å². The van der Waals surface area contributed by atoms with Crippen molar-refractivity contribution in [3.8, 4) is 11.3 Å². The van der Waals surface area contributed by atoms with Crippen LogP contribution in [0.15, 0.2) is 70.8 Å². The molecule has 162 valence electrons. The van der Waals surface area contributed by atoms with Crippen LogP contribution in [0.5, 0.6) is 0 Å². The number of nitrogens with zero attached hydrogens (tertiary/aromatic N) is 6. The Morgan fingerprint density at radius 1 is 1.06 bits per heavy atom. The first kappa shape index (κ1) is 20.1. The highest BCUT2D eigenvalue weighted by Crippen LogP contribution is 2.23. The molecule has 4 heterocycles. The van der Waals surface area contributed by atoms with Gasteiger partial charge >= 0.3 is 0 Å². The number of hydrogen-bond donors (Lipinski definition) is 0. The summed E-state index contributed by atoms with van der Waals surface area (Å²) in [6.07, 6.45) is 6.86. The fraction of sp³-hybridized carbons (Fsp3) is 0.292. The van der Waals surface area contributed by atoms with Crippen LogP contribution in [0.1, 0.15) is 12.8 Å². The molecule has 1 saturated heterocycles. The number of fused-ring (bicyclic) bond motifs is 1. The largest absolute Gasteiger partial charge is 0.342 e. The molecule has 0 unspecified atom stereocenters. The SMILES string of the molecule is Cn1c(N2CCC(Cn3cnc(-c4cccnc4)cc3=O)CC2)nc2ccccc2c1=O. The van der Waals surface area contributed by atoms with Gasteiger partial charge in [0.1, 0.15) is 0 Å². The lowest BCUT2D eigenvalue weighted by atomic mass is 9.97. The molecule has 5 rings (SSSR count). The molecule has 0 N–H and O–H groups in total. The molecule has 0 aliphatic carbocycles. The summed E-state index contributed by atoms with van der Waals surface area (Å²) in [6, 6.07) is 12.7. The highest BCUT2D eigenvalue weighted by molar-refractivity contribution is 5.78. The average Bonchev–Trinajstić information content (AvgIpc) is 2.84. The Balaban J connectivity index is 1.29. The monoisotopic (exact) mass is 428 g/mol. The molecule has 1 aliphatic heterocycles. The van der Waals surface area contributed by atoms with E-state index in [1.807, 2.05) is 36.4 Å². The van der Waals surface area contributed by atoms with E-state index in [4.69, 9.17) is 4.98 Å². The van der Waals surface area contributed by atoms with E-state index < -0.39 is 0 Å². The third-order valence-electron chi connectivity index (χ3n) is 6.15. The maximum Gasteiger partial charge on any atom is 0.262 e. The van der Waals surface area contributed by atoms with Crippen molar-refractivity contribution in [1.29, 1.82) is 0 Å². The summed E-state index contributed by atoms with van der Waals surface area (Å²) >= 11 is 0. The second-order valence-electron chi connectivity index (χ2n) is 8.23. The first-order valence-electron chi connectivity index (χ1n) is 10.8. The van der Waals surface area contributed by atoms with Gasteiger partial charge in [-0.1, -0.05) is 12.1 Å². The molecule has 3 aromatic heterocycles. The van der Waals surface area contributed by atoms with Crippen LogP contribution in [-0.2, 0) is 13.6 Å². The summed E-state index contributed by atoms with van der Waals surface area (Å²) in [5, 5.41) is 0.634. The summed E-state index contributed by atoms with van der Waals surface area (Å²) in [5.41, 5.74) is 2.11. The van der Waals surface area contributed by atoms with Crippen molar-refractivity contribution in [3.63, 3.8) is 0 Å². The van der Waals surface area contributed by atoms with E-state index in [0.29, 0.717) is 29.5 Å². The lowest BCUT2D eigenvalue weighted by molar-refractivity contribution is 0.348. The summed E-state index contributed by atoms with van der Waals surface area (Å²) in [5.74, 6) is 1.07. The molecular formula is C24H24N6O2. The smallest absolute Gasteiger partial charge is 0.262 e. The van der Waals surface area contributed by atoms with Gasteiger partial charge in [0, 0.05) is 50.7 Å². The standard InChI is InChI=1S/C24H24N6O2/c1-28-23(32)19-6-2-3-7-20(19)27-24(28)29-11-8-17(9-12-29)15-30-16-26-21(13-22(30)31)18-5-4-10-25-14-18/h2-7,10,13-14,16-17H,8-9,11-12,15H2,1H3. The Hall–Kier alpha value is -3.81. The van der Waals surface area contributed by atoms with E-state index >= 15 is 0 Å². The fourth-order valence-electron chi connectivity index (χ4n) is 4.32. The Bertz CT molecular complexity index is 1370. The highest BCUT2D eigenvalue weighted by Gasteiger charge is 2.23. The number of hydrogen-bond acceptors (Lipinski definition) is 6. The van der Waals surface area contributed by atoms with Gasteiger partial charge in [-0.3, -0.25) is 23.7 Å². The van der Waals surface area contributed by atoms with Crippen molar-refractivity contribution in [1.82, 2.24) is 24.1 Å². The molecule has 1 aliphatic rings. The molecule has 4 aromatic rings. The molecule has 8 nitrogen and oxygen atoms in total. The molecule has 32 heavy (non-hydrogen) atoms. The molecular weight excluding hydrogens is 404 g/mol. The number of aromatic nitrogens is 5. The molecule has 1 aromatic carbocycles. The maximum absolute atomic E-state index is 12.7. The molecule has 1 fully saturated rings. The maximum atomic E-state index is 12.7. The molecule has 8 heteroatoms.